The van der Waals surface area contributed by atoms with Crippen LogP contribution in [0.3, 0.4) is 0 Å². The number of carboxylic acids is 1. The summed E-state index contributed by atoms with van der Waals surface area (Å²) in [6.45, 7) is 0. The first kappa shape index (κ1) is 9.45. The molecule has 1 N–H and O–H groups in total. The molecule has 2 rings (SSSR count). The van der Waals surface area contributed by atoms with E-state index in [1.807, 2.05) is 30.3 Å². The molecule has 0 radical (unpaired) electrons. The first-order valence-corrected chi connectivity index (χ1v) is 4.51. The summed E-state index contributed by atoms with van der Waals surface area (Å²) in [6, 6.07) is 9.28. The van der Waals surface area contributed by atoms with Gasteiger partial charge in [0.15, 0.2) is 0 Å². The van der Waals surface area contributed by atoms with Crippen LogP contribution in [-0.4, -0.2) is 20.9 Å². The van der Waals surface area contributed by atoms with E-state index in [4.69, 9.17) is 5.11 Å². The van der Waals surface area contributed by atoms with Gasteiger partial charge < -0.3 is 5.11 Å². The van der Waals surface area contributed by atoms with Gasteiger partial charge in [-0.25, -0.2) is 4.79 Å². The lowest BCUT2D eigenvalue weighted by Crippen LogP contribution is -1.96. The number of benzene rings is 1. The highest BCUT2D eigenvalue weighted by Gasteiger charge is 2.15. The zero-order valence-corrected chi connectivity index (χ0v) is 8.21. The van der Waals surface area contributed by atoms with Gasteiger partial charge in [0.05, 0.1) is 0 Å². The minimum atomic E-state index is -0.957. The van der Waals surface area contributed by atoms with Crippen LogP contribution in [0.5, 0.6) is 0 Å². The third kappa shape index (κ3) is 1.74. The number of carbonyl (C=O) groups is 1. The van der Waals surface area contributed by atoms with E-state index in [0.29, 0.717) is 5.69 Å². The normalized spacial score (nSPS) is 10.2. The monoisotopic (exact) mass is 202 g/mol. The van der Waals surface area contributed by atoms with E-state index in [2.05, 4.69) is 5.10 Å². The van der Waals surface area contributed by atoms with Crippen molar-refractivity contribution in [1.82, 2.24) is 9.78 Å². The molecule has 0 aliphatic carbocycles. The SMILES string of the molecule is Cn1cc(C(=O)O)c(-c2ccccc2)n1. The number of nitrogens with zero attached hydrogens (tertiary/aromatic N) is 2. The largest absolute Gasteiger partial charge is 0.478 e. The molecular formula is C11H10N2O2. The van der Waals surface area contributed by atoms with E-state index < -0.39 is 5.97 Å². The van der Waals surface area contributed by atoms with Crippen molar-refractivity contribution in [2.45, 2.75) is 0 Å². The molecule has 0 unspecified atom stereocenters. The molecule has 2 aromatic rings. The molecular weight excluding hydrogens is 192 g/mol. The van der Waals surface area contributed by atoms with Crippen molar-refractivity contribution in [2.24, 2.45) is 7.05 Å². The fraction of sp³-hybridized carbons (Fsp3) is 0.0909. The molecule has 0 saturated heterocycles. The lowest BCUT2D eigenvalue weighted by atomic mass is 10.1. The van der Waals surface area contributed by atoms with Gasteiger partial charge >= 0.3 is 5.97 Å². The zero-order valence-electron chi connectivity index (χ0n) is 8.21. The number of carboxylic acid groups (broad SMARTS) is 1. The predicted octanol–water partition coefficient (Wildman–Crippen LogP) is 1.79. The maximum absolute atomic E-state index is 11.0. The standard InChI is InChI=1S/C11H10N2O2/c1-13-7-9(11(14)15)10(12-13)8-5-3-2-4-6-8/h2-7H,1H3,(H,14,15). The van der Waals surface area contributed by atoms with Crippen molar-refractivity contribution in [1.29, 1.82) is 0 Å². The van der Waals surface area contributed by atoms with E-state index >= 15 is 0 Å². The zero-order chi connectivity index (χ0) is 10.8. The van der Waals surface area contributed by atoms with Crippen molar-refractivity contribution in [3.8, 4) is 11.3 Å². The summed E-state index contributed by atoms with van der Waals surface area (Å²) in [7, 11) is 1.71. The second-order valence-corrected chi connectivity index (χ2v) is 3.24. The topological polar surface area (TPSA) is 55.1 Å². The van der Waals surface area contributed by atoms with Gasteiger partial charge in [-0.05, 0) is 0 Å². The number of hydrogen-bond acceptors (Lipinski definition) is 2. The van der Waals surface area contributed by atoms with Gasteiger partial charge in [-0.1, -0.05) is 30.3 Å². The maximum Gasteiger partial charge on any atom is 0.339 e. The summed E-state index contributed by atoms with van der Waals surface area (Å²) in [5, 5.41) is 13.1. The maximum atomic E-state index is 11.0. The highest BCUT2D eigenvalue weighted by molar-refractivity contribution is 5.94. The van der Waals surface area contributed by atoms with Gasteiger partial charge in [-0.3, -0.25) is 4.68 Å². The van der Waals surface area contributed by atoms with Crippen LogP contribution in [0.25, 0.3) is 11.3 Å². The van der Waals surface area contributed by atoms with Crippen LogP contribution in [0.4, 0.5) is 0 Å². The molecule has 0 saturated carbocycles. The molecule has 4 heteroatoms. The molecule has 0 bridgehead atoms. The van der Waals surface area contributed by atoms with E-state index in [1.54, 1.807) is 7.05 Å². The van der Waals surface area contributed by atoms with Crippen LogP contribution in [0.2, 0.25) is 0 Å². The molecule has 1 aromatic carbocycles. The Kier molecular flexibility index (Phi) is 2.25. The highest BCUT2D eigenvalue weighted by atomic mass is 16.4. The van der Waals surface area contributed by atoms with Crippen LogP contribution in [0.1, 0.15) is 10.4 Å². The molecule has 0 aliphatic rings. The van der Waals surface area contributed by atoms with Crippen molar-refractivity contribution in [3.63, 3.8) is 0 Å². The Morgan fingerprint density at radius 1 is 1.33 bits per heavy atom. The van der Waals surface area contributed by atoms with Gasteiger partial charge in [-0.2, -0.15) is 5.10 Å². The van der Waals surface area contributed by atoms with Crippen LogP contribution in [0, 0.1) is 0 Å². The fourth-order valence-corrected chi connectivity index (χ4v) is 1.45. The Bertz CT molecular complexity index is 489. The van der Waals surface area contributed by atoms with Gasteiger partial charge in [-0.15, -0.1) is 0 Å². The molecule has 76 valence electrons. The number of hydrogen-bond donors (Lipinski definition) is 1. The summed E-state index contributed by atoms with van der Waals surface area (Å²) in [5.74, 6) is -0.957. The van der Waals surface area contributed by atoms with Crippen molar-refractivity contribution >= 4 is 5.97 Å². The lowest BCUT2D eigenvalue weighted by molar-refractivity contribution is 0.0697. The first-order chi connectivity index (χ1) is 7.18. The minimum Gasteiger partial charge on any atom is -0.478 e. The Balaban J connectivity index is 2.58. The Morgan fingerprint density at radius 3 is 2.60 bits per heavy atom. The highest BCUT2D eigenvalue weighted by Crippen LogP contribution is 2.21. The Hall–Kier alpha value is -2.10. The van der Waals surface area contributed by atoms with E-state index in [1.165, 1.54) is 10.9 Å². The van der Waals surface area contributed by atoms with E-state index in [0.717, 1.165) is 5.56 Å². The van der Waals surface area contributed by atoms with Gasteiger partial charge in [0.2, 0.25) is 0 Å². The van der Waals surface area contributed by atoms with E-state index in [-0.39, 0.29) is 5.56 Å². The fourth-order valence-electron chi connectivity index (χ4n) is 1.45. The average Bonchev–Trinajstić information content (AvgIpc) is 2.62. The molecule has 0 aliphatic heterocycles. The average molecular weight is 202 g/mol. The number of aromatic carboxylic acids is 1. The molecule has 15 heavy (non-hydrogen) atoms. The van der Waals surface area contributed by atoms with Crippen molar-refractivity contribution in [2.75, 3.05) is 0 Å². The lowest BCUT2D eigenvalue weighted by Gasteiger charge is -1.97. The summed E-state index contributed by atoms with van der Waals surface area (Å²) in [4.78, 5) is 11.0. The van der Waals surface area contributed by atoms with Crippen molar-refractivity contribution < 1.29 is 9.90 Å². The smallest absolute Gasteiger partial charge is 0.339 e. The van der Waals surface area contributed by atoms with Crippen LogP contribution >= 0.6 is 0 Å². The summed E-state index contributed by atoms with van der Waals surface area (Å²) < 4.78 is 1.51. The molecule has 4 nitrogen and oxygen atoms in total. The quantitative estimate of drug-likeness (QED) is 0.807. The first-order valence-electron chi connectivity index (χ1n) is 4.51. The second-order valence-electron chi connectivity index (χ2n) is 3.24. The van der Waals surface area contributed by atoms with Gasteiger partial charge in [0, 0.05) is 18.8 Å². The number of rotatable bonds is 2. The molecule has 0 atom stereocenters. The number of aromatic nitrogens is 2. The Labute approximate surface area is 86.8 Å². The summed E-state index contributed by atoms with van der Waals surface area (Å²) >= 11 is 0. The van der Waals surface area contributed by atoms with Crippen LogP contribution < -0.4 is 0 Å². The molecule has 0 spiro atoms. The van der Waals surface area contributed by atoms with Crippen LogP contribution in [0.15, 0.2) is 36.5 Å². The van der Waals surface area contributed by atoms with E-state index in [9.17, 15) is 4.79 Å². The number of aryl methyl sites for hydroxylation is 1. The predicted molar refractivity (Wildman–Crippen MR) is 55.6 cm³/mol. The molecule has 0 fully saturated rings. The van der Waals surface area contributed by atoms with Gasteiger partial charge in [0.25, 0.3) is 0 Å². The third-order valence-electron chi connectivity index (χ3n) is 2.11. The third-order valence-corrected chi connectivity index (χ3v) is 2.11. The second kappa shape index (κ2) is 3.57. The van der Waals surface area contributed by atoms with Gasteiger partial charge in [0.1, 0.15) is 11.3 Å². The van der Waals surface area contributed by atoms with Crippen LogP contribution in [-0.2, 0) is 7.05 Å². The molecule has 1 heterocycles. The molecule has 1 aromatic heterocycles. The Morgan fingerprint density at radius 2 is 2.00 bits per heavy atom. The summed E-state index contributed by atoms with van der Waals surface area (Å²) in [6.07, 6.45) is 1.50. The molecule has 0 amide bonds. The minimum absolute atomic E-state index is 0.226. The summed E-state index contributed by atoms with van der Waals surface area (Å²) in [5.41, 5.74) is 1.55. The van der Waals surface area contributed by atoms with Crippen molar-refractivity contribution in [3.05, 3.63) is 42.1 Å².